The molecule has 1 rings (SSSR count). The largest absolute Gasteiger partial charge is 0.354 e. The van der Waals surface area contributed by atoms with Gasteiger partial charge in [0, 0.05) is 13.1 Å². The molecule has 1 fully saturated rings. The van der Waals surface area contributed by atoms with Crippen LogP contribution in [-0.2, 0) is 4.79 Å². The van der Waals surface area contributed by atoms with Gasteiger partial charge in [-0.15, -0.1) is 0 Å². The van der Waals surface area contributed by atoms with Crippen molar-refractivity contribution < 1.29 is 4.79 Å². The number of nitriles is 1. The second-order valence-corrected chi connectivity index (χ2v) is 6.17. The first-order valence-electron chi connectivity index (χ1n) is 7.96. The molecular weight excluding hydrogens is 250 g/mol. The summed E-state index contributed by atoms with van der Waals surface area (Å²) in [6, 6.07) is 2.29. The molecule has 0 aromatic rings. The van der Waals surface area contributed by atoms with E-state index in [0.717, 1.165) is 25.9 Å². The molecule has 1 N–H and O–H groups in total. The number of nitrogens with zero attached hydrogens (tertiary/aromatic N) is 2. The van der Waals surface area contributed by atoms with Gasteiger partial charge in [0.05, 0.1) is 6.07 Å². The standard InChI is InChI=1S/C16H29N3O/c1-4-8-16(13-17,9-5-2)15(20)18-11-14-7-6-10-19(3)12-14/h14H,4-12H2,1-3H3,(H,18,20). The Kier molecular flexibility index (Phi) is 7.01. The lowest BCUT2D eigenvalue weighted by Crippen LogP contribution is -2.44. The number of carbonyl (C=O) groups excluding carboxylic acids is 1. The molecule has 0 radical (unpaired) electrons. The molecule has 1 heterocycles. The number of likely N-dealkylation sites (tertiary alicyclic amines) is 1. The van der Waals surface area contributed by atoms with Crippen molar-refractivity contribution in [3.8, 4) is 6.07 Å². The Morgan fingerprint density at radius 3 is 2.55 bits per heavy atom. The second-order valence-electron chi connectivity index (χ2n) is 6.17. The Morgan fingerprint density at radius 2 is 2.05 bits per heavy atom. The van der Waals surface area contributed by atoms with Crippen LogP contribution in [0.2, 0.25) is 0 Å². The highest BCUT2D eigenvalue weighted by Gasteiger charge is 2.37. The predicted octanol–water partition coefficient (Wildman–Crippen LogP) is 2.55. The van der Waals surface area contributed by atoms with Crippen molar-refractivity contribution in [2.24, 2.45) is 11.3 Å². The van der Waals surface area contributed by atoms with E-state index in [-0.39, 0.29) is 5.91 Å². The minimum absolute atomic E-state index is 0.0584. The van der Waals surface area contributed by atoms with E-state index in [2.05, 4.69) is 23.3 Å². The number of carbonyl (C=O) groups is 1. The fraction of sp³-hybridized carbons (Fsp3) is 0.875. The summed E-state index contributed by atoms with van der Waals surface area (Å²) >= 11 is 0. The zero-order valence-corrected chi connectivity index (χ0v) is 13.2. The van der Waals surface area contributed by atoms with Gasteiger partial charge in [0.25, 0.3) is 0 Å². The Bertz CT molecular complexity index is 342. The first kappa shape index (κ1) is 17.0. The predicted molar refractivity (Wildman–Crippen MR) is 81.1 cm³/mol. The molecule has 1 amide bonds. The van der Waals surface area contributed by atoms with Crippen LogP contribution in [0.15, 0.2) is 0 Å². The highest BCUT2D eigenvalue weighted by atomic mass is 16.2. The molecule has 0 spiro atoms. The number of hydrogen-bond acceptors (Lipinski definition) is 3. The molecule has 1 aliphatic heterocycles. The van der Waals surface area contributed by atoms with Gasteiger partial charge in [0.1, 0.15) is 5.41 Å². The van der Waals surface area contributed by atoms with Crippen LogP contribution in [0.4, 0.5) is 0 Å². The van der Waals surface area contributed by atoms with Crippen LogP contribution < -0.4 is 5.32 Å². The van der Waals surface area contributed by atoms with E-state index in [0.29, 0.717) is 25.3 Å². The Morgan fingerprint density at radius 1 is 1.40 bits per heavy atom. The van der Waals surface area contributed by atoms with E-state index < -0.39 is 5.41 Å². The van der Waals surface area contributed by atoms with Crippen molar-refractivity contribution >= 4 is 5.91 Å². The van der Waals surface area contributed by atoms with Crippen LogP contribution in [-0.4, -0.2) is 37.5 Å². The molecule has 0 bridgehead atoms. The van der Waals surface area contributed by atoms with Crippen molar-refractivity contribution in [1.29, 1.82) is 5.26 Å². The average molecular weight is 279 g/mol. The Balaban J connectivity index is 2.55. The lowest BCUT2D eigenvalue weighted by Gasteiger charge is -2.31. The molecule has 4 nitrogen and oxygen atoms in total. The Labute approximate surface area is 123 Å². The maximum Gasteiger partial charge on any atom is 0.240 e. The number of rotatable bonds is 7. The van der Waals surface area contributed by atoms with Gasteiger partial charge in [-0.25, -0.2) is 0 Å². The molecule has 0 aliphatic carbocycles. The van der Waals surface area contributed by atoms with Gasteiger partial charge in [0.2, 0.25) is 5.91 Å². The van der Waals surface area contributed by atoms with Crippen LogP contribution in [0, 0.1) is 22.7 Å². The van der Waals surface area contributed by atoms with Crippen molar-refractivity contribution in [2.75, 3.05) is 26.7 Å². The van der Waals surface area contributed by atoms with Crippen LogP contribution in [0.1, 0.15) is 52.4 Å². The summed E-state index contributed by atoms with van der Waals surface area (Å²) < 4.78 is 0. The highest BCUT2D eigenvalue weighted by molar-refractivity contribution is 5.85. The van der Waals surface area contributed by atoms with Crippen molar-refractivity contribution in [3.63, 3.8) is 0 Å². The summed E-state index contributed by atoms with van der Waals surface area (Å²) in [5.41, 5.74) is -0.815. The van der Waals surface area contributed by atoms with E-state index in [4.69, 9.17) is 0 Å². The molecule has 1 saturated heterocycles. The lowest BCUT2D eigenvalue weighted by molar-refractivity contribution is -0.129. The third kappa shape index (κ3) is 4.49. The molecule has 0 aromatic heterocycles. The van der Waals surface area contributed by atoms with Crippen LogP contribution in [0.3, 0.4) is 0 Å². The first-order chi connectivity index (χ1) is 9.57. The summed E-state index contributed by atoms with van der Waals surface area (Å²) in [5.74, 6) is 0.467. The zero-order chi connectivity index (χ0) is 15.0. The number of piperidine rings is 1. The maximum absolute atomic E-state index is 12.5. The first-order valence-corrected chi connectivity index (χ1v) is 7.96. The number of amides is 1. The maximum atomic E-state index is 12.5. The topological polar surface area (TPSA) is 56.1 Å². The van der Waals surface area contributed by atoms with E-state index >= 15 is 0 Å². The fourth-order valence-electron chi connectivity index (χ4n) is 3.21. The lowest BCUT2D eigenvalue weighted by atomic mass is 9.79. The third-order valence-corrected chi connectivity index (χ3v) is 4.28. The number of hydrogen-bond donors (Lipinski definition) is 1. The Hall–Kier alpha value is -1.08. The molecule has 114 valence electrons. The van der Waals surface area contributed by atoms with Gasteiger partial charge in [-0.1, -0.05) is 26.7 Å². The van der Waals surface area contributed by atoms with Crippen LogP contribution in [0.25, 0.3) is 0 Å². The minimum atomic E-state index is -0.815. The minimum Gasteiger partial charge on any atom is -0.354 e. The fourth-order valence-corrected chi connectivity index (χ4v) is 3.21. The van der Waals surface area contributed by atoms with E-state index in [1.807, 2.05) is 13.8 Å². The highest BCUT2D eigenvalue weighted by Crippen LogP contribution is 2.29. The SMILES string of the molecule is CCCC(C#N)(CCC)C(=O)NCC1CCCN(C)C1. The summed E-state index contributed by atoms with van der Waals surface area (Å²) in [6.07, 6.45) is 5.43. The quantitative estimate of drug-likeness (QED) is 0.779. The van der Waals surface area contributed by atoms with Gasteiger partial charge in [-0.05, 0) is 45.2 Å². The molecule has 1 unspecified atom stereocenters. The van der Waals surface area contributed by atoms with Gasteiger partial charge in [-0.2, -0.15) is 5.26 Å². The van der Waals surface area contributed by atoms with Crippen molar-refractivity contribution in [1.82, 2.24) is 10.2 Å². The molecule has 1 atom stereocenters. The monoisotopic (exact) mass is 279 g/mol. The van der Waals surface area contributed by atoms with Crippen LogP contribution >= 0.6 is 0 Å². The summed E-state index contributed by atoms with van der Waals surface area (Å²) in [4.78, 5) is 14.8. The zero-order valence-electron chi connectivity index (χ0n) is 13.2. The molecule has 0 aromatic carbocycles. The average Bonchev–Trinajstić information content (AvgIpc) is 2.44. The van der Waals surface area contributed by atoms with Gasteiger partial charge in [0.15, 0.2) is 0 Å². The molecule has 0 saturated carbocycles. The molecule has 1 aliphatic rings. The molecular formula is C16H29N3O. The van der Waals surface area contributed by atoms with Crippen LogP contribution in [0.5, 0.6) is 0 Å². The number of nitrogens with one attached hydrogen (secondary N) is 1. The summed E-state index contributed by atoms with van der Waals surface area (Å²) in [5, 5.41) is 12.5. The van der Waals surface area contributed by atoms with Gasteiger partial charge < -0.3 is 10.2 Å². The molecule has 20 heavy (non-hydrogen) atoms. The van der Waals surface area contributed by atoms with Crippen molar-refractivity contribution in [2.45, 2.75) is 52.4 Å². The van der Waals surface area contributed by atoms with E-state index in [9.17, 15) is 10.1 Å². The van der Waals surface area contributed by atoms with Crippen molar-refractivity contribution in [3.05, 3.63) is 0 Å². The van der Waals surface area contributed by atoms with E-state index in [1.165, 1.54) is 12.8 Å². The normalized spacial score (nSPS) is 20.4. The summed E-state index contributed by atoms with van der Waals surface area (Å²) in [7, 11) is 2.13. The molecule has 4 heteroatoms. The van der Waals surface area contributed by atoms with E-state index in [1.54, 1.807) is 0 Å². The van der Waals surface area contributed by atoms with Gasteiger partial charge in [-0.3, -0.25) is 4.79 Å². The third-order valence-electron chi connectivity index (χ3n) is 4.28. The smallest absolute Gasteiger partial charge is 0.240 e. The second kappa shape index (κ2) is 8.26. The van der Waals surface area contributed by atoms with Gasteiger partial charge >= 0.3 is 0 Å². The summed E-state index contributed by atoms with van der Waals surface area (Å²) in [6.45, 7) is 6.97.